The smallest absolute Gasteiger partial charge is 0.138 e. The van der Waals surface area contributed by atoms with Gasteiger partial charge in [0.25, 0.3) is 0 Å². The van der Waals surface area contributed by atoms with Crippen molar-refractivity contribution in [3.63, 3.8) is 0 Å². The second-order valence-corrected chi connectivity index (χ2v) is 5.44. The highest BCUT2D eigenvalue weighted by atomic mass is 35.5. The molecule has 18 heavy (non-hydrogen) atoms. The zero-order chi connectivity index (χ0) is 13.1. The molecule has 0 amide bonds. The van der Waals surface area contributed by atoms with Crippen LogP contribution in [0.2, 0.25) is 5.02 Å². The molecule has 1 fully saturated rings. The molecule has 2 atom stereocenters. The Morgan fingerprint density at radius 2 is 2.33 bits per heavy atom. The fraction of sp³-hybridized carbons (Fsp3) is 0.500. The Morgan fingerprint density at radius 1 is 1.56 bits per heavy atom. The van der Waals surface area contributed by atoms with E-state index in [1.807, 2.05) is 0 Å². The number of nitriles is 1. The summed E-state index contributed by atoms with van der Waals surface area (Å²) in [6.07, 6.45) is 0. The van der Waals surface area contributed by atoms with Gasteiger partial charge in [-0.3, -0.25) is 4.90 Å². The highest BCUT2D eigenvalue weighted by molar-refractivity contribution is 6.31. The van der Waals surface area contributed by atoms with Gasteiger partial charge >= 0.3 is 0 Å². The van der Waals surface area contributed by atoms with Crippen LogP contribution in [0, 0.1) is 17.2 Å². The van der Waals surface area contributed by atoms with E-state index in [1.54, 1.807) is 18.2 Å². The van der Waals surface area contributed by atoms with E-state index >= 15 is 0 Å². The van der Waals surface area contributed by atoms with E-state index in [0.29, 0.717) is 34.9 Å². The molecule has 1 aliphatic heterocycles. The SMILES string of the molecule is CC(C)CN1CC1COc1cccc(Cl)c1C#N. The number of benzene rings is 1. The van der Waals surface area contributed by atoms with Gasteiger partial charge in [0.1, 0.15) is 24.0 Å². The molecule has 0 spiro atoms. The maximum atomic E-state index is 9.03. The first-order valence-corrected chi connectivity index (χ1v) is 6.55. The largest absolute Gasteiger partial charge is 0.490 e. The first kappa shape index (κ1) is 13.2. The summed E-state index contributed by atoms with van der Waals surface area (Å²) >= 11 is 5.95. The predicted octanol–water partition coefficient (Wildman–Crippen LogP) is 2.93. The first-order valence-electron chi connectivity index (χ1n) is 6.17. The van der Waals surface area contributed by atoms with Gasteiger partial charge in [-0.15, -0.1) is 0 Å². The lowest BCUT2D eigenvalue weighted by Gasteiger charge is -2.10. The van der Waals surface area contributed by atoms with Crippen LogP contribution in [0.25, 0.3) is 0 Å². The van der Waals surface area contributed by atoms with Crippen LogP contribution in [-0.2, 0) is 0 Å². The third-order valence-corrected chi connectivity index (χ3v) is 3.26. The standard InChI is InChI=1S/C14H17ClN2O/c1-10(2)7-17-8-11(17)9-18-14-5-3-4-13(15)12(14)6-16/h3-5,10-11H,7-9H2,1-2H3. The normalized spacial score (nSPS) is 21.7. The van der Waals surface area contributed by atoms with Gasteiger partial charge in [-0.25, -0.2) is 0 Å². The topological polar surface area (TPSA) is 36.0 Å². The molecule has 0 radical (unpaired) electrons. The van der Waals surface area contributed by atoms with Crippen molar-refractivity contribution in [2.75, 3.05) is 19.7 Å². The molecule has 2 rings (SSSR count). The molecule has 0 aliphatic carbocycles. The molecule has 0 aromatic heterocycles. The molecule has 4 heteroatoms. The van der Waals surface area contributed by atoms with Crippen LogP contribution in [0.5, 0.6) is 5.75 Å². The van der Waals surface area contributed by atoms with Crippen molar-refractivity contribution in [1.29, 1.82) is 5.26 Å². The van der Waals surface area contributed by atoms with E-state index in [0.717, 1.165) is 13.1 Å². The van der Waals surface area contributed by atoms with Crippen LogP contribution < -0.4 is 4.74 Å². The van der Waals surface area contributed by atoms with Gasteiger partial charge in [-0.1, -0.05) is 31.5 Å². The maximum absolute atomic E-state index is 9.03. The number of hydrogen-bond donors (Lipinski definition) is 0. The summed E-state index contributed by atoms with van der Waals surface area (Å²) in [6.45, 7) is 7.24. The van der Waals surface area contributed by atoms with Gasteiger partial charge in [0, 0.05) is 13.1 Å². The zero-order valence-corrected chi connectivity index (χ0v) is 11.4. The van der Waals surface area contributed by atoms with E-state index in [2.05, 4.69) is 24.8 Å². The Morgan fingerprint density at radius 3 is 3.00 bits per heavy atom. The van der Waals surface area contributed by atoms with E-state index in [1.165, 1.54) is 0 Å². The molecule has 0 bridgehead atoms. The highest BCUT2D eigenvalue weighted by Crippen LogP contribution is 2.27. The minimum absolute atomic E-state index is 0.426. The number of hydrogen-bond acceptors (Lipinski definition) is 3. The summed E-state index contributed by atoms with van der Waals surface area (Å²) in [5, 5.41) is 9.48. The molecule has 96 valence electrons. The lowest BCUT2D eigenvalue weighted by Crippen LogP contribution is -2.15. The van der Waals surface area contributed by atoms with Gasteiger partial charge in [-0.05, 0) is 18.1 Å². The number of halogens is 1. The molecule has 1 heterocycles. The number of nitrogens with zero attached hydrogens (tertiary/aromatic N) is 2. The Balaban J connectivity index is 1.89. The van der Waals surface area contributed by atoms with Crippen molar-refractivity contribution in [1.82, 2.24) is 4.90 Å². The Labute approximate surface area is 113 Å². The Kier molecular flexibility index (Phi) is 4.11. The minimum Gasteiger partial charge on any atom is -0.490 e. The summed E-state index contributed by atoms with van der Waals surface area (Å²) in [6, 6.07) is 7.86. The Bertz CT molecular complexity index is 467. The molecule has 1 aliphatic rings. The molecule has 0 saturated carbocycles. The molecule has 2 unspecified atom stereocenters. The fourth-order valence-electron chi connectivity index (χ4n) is 1.99. The van der Waals surface area contributed by atoms with Crippen molar-refractivity contribution in [2.45, 2.75) is 19.9 Å². The van der Waals surface area contributed by atoms with Gasteiger partial charge in [-0.2, -0.15) is 5.26 Å². The van der Waals surface area contributed by atoms with Crippen LogP contribution in [0.3, 0.4) is 0 Å². The lowest BCUT2D eigenvalue weighted by atomic mass is 10.2. The van der Waals surface area contributed by atoms with Crippen LogP contribution in [0.15, 0.2) is 18.2 Å². The van der Waals surface area contributed by atoms with Gasteiger partial charge < -0.3 is 4.74 Å². The number of ether oxygens (including phenoxy) is 1. The van der Waals surface area contributed by atoms with Gasteiger partial charge in [0.15, 0.2) is 0 Å². The molecule has 1 saturated heterocycles. The second kappa shape index (κ2) is 5.60. The number of rotatable bonds is 5. The third kappa shape index (κ3) is 3.16. The van der Waals surface area contributed by atoms with Crippen molar-refractivity contribution >= 4 is 11.6 Å². The monoisotopic (exact) mass is 264 g/mol. The van der Waals surface area contributed by atoms with Crippen LogP contribution in [-0.4, -0.2) is 30.6 Å². The average Bonchev–Trinajstić information content (AvgIpc) is 3.04. The van der Waals surface area contributed by atoms with Crippen molar-refractivity contribution in [3.05, 3.63) is 28.8 Å². The summed E-state index contributed by atoms with van der Waals surface area (Å²) in [5.41, 5.74) is 0.426. The summed E-state index contributed by atoms with van der Waals surface area (Å²) in [4.78, 5) is 2.38. The molecular weight excluding hydrogens is 248 g/mol. The van der Waals surface area contributed by atoms with Crippen molar-refractivity contribution < 1.29 is 4.74 Å². The quantitative estimate of drug-likeness (QED) is 0.767. The van der Waals surface area contributed by atoms with Gasteiger partial charge in [0.2, 0.25) is 0 Å². The highest BCUT2D eigenvalue weighted by Gasteiger charge is 2.34. The predicted molar refractivity (Wildman–Crippen MR) is 71.9 cm³/mol. The third-order valence-electron chi connectivity index (χ3n) is 2.95. The summed E-state index contributed by atoms with van der Waals surface area (Å²) in [7, 11) is 0. The molecule has 3 nitrogen and oxygen atoms in total. The molecular formula is C14H17ClN2O. The second-order valence-electron chi connectivity index (χ2n) is 5.04. The van der Waals surface area contributed by atoms with E-state index in [-0.39, 0.29) is 0 Å². The first-order chi connectivity index (χ1) is 8.61. The maximum Gasteiger partial charge on any atom is 0.138 e. The van der Waals surface area contributed by atoms with Crippen molar-refractivity contribution in [2.24, 2.45) is 5.92 Å². The van der Waals surface area contributed by atoms with E-state index < -0.39 is 0 Å². The van der Waals surface area contributed by atoms with Crippen molar-refractivity contribution in [3.8, 4) is 11.8 Å². The lowest BCUT2D eigenvalue weighted by molar-refractivity contribution is 0.287. The van der Waals surface area contributed by atoms with Crippen LogP contribution in [0.1, 0.15) is 19.4 Å². The minimum atomic E-state index is 0.426. The summed E-state index contributed by atoms with van der Waals surface area (Å²) in [5.74, 6) is 1.26. The molecule has 1 aromatic rings. The van der Waals surface area contributed by atoms with Gasteiger partial charge in [0.05, 0.1) is 11.1 Å². The molecule has 0 N–H and O–H groups in total. The average molecular weight is 265 g/mol. The summed E-state index contributed by atoms with van der Waals surface area (Å²) < 4.78 is 5.70. The fourth-order valence-corrected chi connectivity index (χ4v) is 2.20. The zero-order valence-electron chi connectivity index (χ0n) is 10.7. The molecule has 1 aromatic carbocycles. The van der Waals surface area contributed by atoms with E-state index in [4.69, 9.17) is 21.6 Å². The Hall–Kier alpha value is -1.24. The van der Waals surface area contributed by atoms with Crippen LogP contribution in [0.4, 0.5) is 0 Å². The van der Waals surface area contributed by atoms with Crippen LogP contribution >= 0.6 is 11.6 Å². The van der Waals surface area contributed by atoms with E-state index in [9.17, 15) is 0 Å².